The number of fused-ring (bicyclic) bond motifs is 3. The van der Waals surface area contributed by atoms with Crippen molar-refractivity contribution in [1.29, 1.82) is 0 Å². The average molecular weight is 270 g/mol. The second kappa shape index (κ2) is 4.61. The maximum Gasteiger partial charge on any atom is 0.248 e. The first-order chi connectivity index (χ1) is 9.67. The van der Waals surface area contributed by atoms with Gasteiger partial charge in [0, 0.05) is 45.7 Å². The molecule has 0 aliphatic carbocycles. The van der Waals surface area contributed by atoms with Gasteiger partial charge in [-0.3, -0.25) is 9.59 Å². The van der Waals surface area contributed by atoms with Crippen LogP contribution in [0.5, 0.6) is 0 Å². The van der Waals surface area contributed by atoms with Crippen molar-refractivity contribution >= 4 is 28.1 Å². The number of H-pyrrole nitrogens is 1. The molecule has 0 atom stereocenters. The van der Waals surface area contributed by atoms with Crippen LogP contribution in [0.3, 0.4) is 0 Å². The molecule has 2 N–H and O–H groups in total. The Morgan fingerprint density at radius 1 is 1.30 bits per heavy atom. The third kappa shape index (κ3) is 1.67. The highest BCUT2D eigenvalue weighted by molar-refractivity contribution is 6.13. The molecule has 0 radical (unpaired) electrons. The van der Waals surface area contributed by atoms with Crippen molar-refractivity contribution in [2.75, 3.05) is 6.61 Å². The van der Waals surface area contributed by atoms with E-state index in [0.29, 0.717) is 17.6 Å². The lowest BCUT2D eigenvalue weighted by molar-refractivity contribution is 0.112. The molecule has 0 saturated heterocycles. The summed E-state index contributed by atoms with van der Waals surface area (Å²) in [5.41, 5.74) is 2.84. The number of aliphatic hydroxyl groups is 1. The Morgan fingerprint density at radius 3 is 2.80 bits per heavy atom. The van der Waals surface area contributed by atoms with Crippen molar-refractivity contribution in [1.82, 2.24) is 9.55 Å². The molecule has 5 heteroatoms. The van der Waals surface area contributed by atoms with Crippen LogP contribution >= 0.6 is 0 Å². The maximum atomic E-state index is 11.4. The summed E-state index contributed by atoms with van der Waals surface area (Å²) in [6, 6.07) is 6.87. The molecule has 2 heterocycles. The second-order valence-electron chi connectivity index (χ2n) is 4.74. The Labute approximate surface area is 114 Å². The fourth-order valence-corrected chi connectivity index (χ4v) is 2.77. The van der Waals surface area contributed by atoms with E-state index in [1.54, 1.807) is 6.07 Å². The second-order valence-corrected chi connectivity index (χ2v) is 4.74. The molecule has 0 aliphatic heterocycles. The van der Waals surface area contributed by atoms with Crippen molar-refractivity contribution in [3.8, 4) is 0 Å². The number of rotatable bonds is 3. The predicted octanol–water partition coefficient (Wildman–Crippen LogP) is 1.60. The molecule has 5 nitrogen and oxygen atoms in total. The van der Waals surface area contributed by atoms with Gasteiger partial charge in [0.15, 0.2) is 6.29 Å². The zero-order valence-corrected chi connectivity index (χ0v) is 11.0. The van der Waals surface area contributed by atoms with Crippen LogP contribution < -0.4 is 5.56 Å². The van der Waals surface area contributed by atoms with E-state index in [1.165, 1.54) is 6.07 Å². The zero-order chi connectivity index (χ0) is 14.3. The minimum absolute atomic E-state index is 0.00652. The van der Waals surface area contributed by atoms with Gasteiger partial charge in [-0.2, -0.15) is 0 Å². The van der Waals surface area contributed by atoms with E-state index in [2.05, 4.69) is 4.98 Å². The molecular formula is C15H14N2O3. The largest absolute Gasteiger partial charge is 0.395 e. The average Bonchev–Trinajstić information content (AvgIpc) is 2.71. The van der Waals surface area contributed by atoms with Gasteiger partial charge in [0.1, 0.15) is 0 Å². The highest BCUT2D eigenvalue weighted by Crippen LogP contribution is 2.30. The number of carbonyl (C=O) groups excluding carboxylic acids is 1. The number of carbonyl (C=O) groups is 1. The van der Waals surface area contributed by atoms with Crippen LogP contribution in [0.15, 0.2) is 29.1 Å². The van der Waals surface area contributed by atoms with Crippen LogP contribution in [0.25, 0.3) is 21.8 Å². The quantitative estimate of drug-likeness (QED) is 0.710. The summed E-state index contributed by atoms with van der Waals surface area (Å²) in [6.45, 7) is 2.30. The Kier molecular flexibility index (Phi) is 2.91. The molecular weight excluding hydrogens is 256 g/mol. The van der Waals surface area contributed by atoms with Crippen molar-refractivity contribution in [3.63, 3.8) is 0 Å². The summed E-state index contributed by atoms with van der Waals surface area (Å²) < 4.78 is 1.92. The fourth-order valence-electron chi connectivity index (χ4n) is 2.77. The summed E-state index contributed by atoms with van der Waals surface area (Å²) >= 11 is 0. The number of aromatic amines is 1. The van der Waals surface area contributed by atoms with Crippen molar-refractivity contribution in [3.05, 3.63) is 45.9 Å². The summed E-state index contributed by atoms with van der Waals surface area (Å²) in [5.74, 6) is 0. The van der Waals surface area contributed by atoms with Crippen molar-refractivity contribution in [2.24, 2.45) is 0 Å². The molecule has 102 valence electrons. The number of aldehydes is 1. The van der Waals surface area contributed by atoms with Gasteiger partial charge in [0.05, 0.1) is 6.61 Å². The third-order valence-corrected chi connectivity index (χ3v) is 3.68. The summed E-state index contributed by atoms with van der Waals surface area (Å²) in [6.07, 6.45) is 0.829. The van der Waals surface area contributed by atoms with E-state index in [4.69, 9.17) is 0 Å². The number of nitrogens with one attached hydrogen (secondary N) is 1. The highest BCUT2D eigenvalue weighted by atomic mass is 16.3. The minimum atomic E-state index is -0.170. The van der Waals surface area contributed by atoms with Crippen LogP contribution in [0.2, 0.25) is 0 Å². The van der Waals surface area contributed by atoms with E-state index in [1.807, 2.05) is 23.6 Å². The van der Waals surface area contributed by atoms with E-state index in [0.717, 1.165) is 28.3 Å². The maximum absolute atomic E-state index is 11.4. The van der Waals surface area contributed by atoms with Gasteiger partial charge in [-0.05, 0) is 25.1 Å². The minimum Gasteiger partial charge on any atom is -0.395 e. The number of pyridine rings is 1. The molecule has 0 saturated carbocycles. The van der Waals surface area contributed by atoms with Gasteiger partial charge >= 0.3 is 0 Å². The highest BCUT2D eigenvalue weighted by Gasteiger charge is 2.15. The van der Waals surface area contributed by atoms with Gasteiger partial charge in [-0.1, -0.05) is 0 Å². The summed E-state index contributed by atoms with van der Waals surface area (Å²) in [4.78, 5) is 25.6. The molecule has 2 aromatic heterocycles. The van der Waals surface area contributed by atoms with Gasteiger partial charge in [0.25, 0.3) is 0 Å². The number of hydrogen-bond donors (Lipinski definition) is 2. The number of nitrogens with zero attached hydrogens (tertiary/aromatic N) is 1. The van der Waals surface area contributed by atoms with Crippen LogP contribution in [0, 0.1) is 6.92 Å². The Balaban J connectivity index is 2.53. The topological polar surface area (TPSA) is 75.1 Å². The lowest BCUT2D eigenvalue weighted by atomic mass is 10.1. The molecule has 0 unspecified atom stereocenters. The number of aliphatic hydroxyl groups excluding tert-OH is 1. The summed E-state index contributed by atoms with van der Waals surface area (Å²) in [5, 5.41) is 10.8. The van der Waals surface area contributed by atoms with Crippen molar-refractivity contribution < 1.29 is 9.90 Å². The Hall–Kier alpha value is -2.40. The standard InChI is InChI=1S/C15H14N2O3/c1-9-11(8-19)15-10-2-5-14(20)16-12(10)3-4-13(15)17(9)6-7-18/h2-5,8,18H,6-7H2,1H3,(H,16,20). The van der Waals surface area contributed by atoms with Gasteiger partial charge in [0.2, 0.25) is 5.56 Å². The molecule has 0 amide bonds. The van der Waals surface area contributed by atoms with Gasteiger partial charge < -0.3 is 14.7 Å². The first-order valence-electron chi connectivity index (χ1n) is 6.38. The van der Waals surface area contributed by atoms with E-state index in [9.17, 15) is 14.7 Å². The predicted molar refractivity (Wildman–Crippen MR) is 77.3 cm³/mol. The lowest BCUT2D eigenvalue weighted by Crippen LogP contribution is -2.04. The molecule has 3 rings (SSSR count). The Morgan fingerprint density at radius 2 is 2.10 bits per heavy atom. The monoisotopic (exact) mass is 270 g/mol. The van der Waals surface area contributed by atoms with Crippen LogP contribution in [0.4, 0.5) is 0 Å². The SMILES string of the molecule is Cc1c(C=O)c2c3ccc(=O)[nH]c3ccc2n1CCO. The lowest BCUT2D eigenvalue weighted by Gasteiger charge is -2.06. The molecule has 0 spiro atoms. The fraction of sp³-hybridized carbons (Fsp3) is 0.200. The van der Waals surface area contributed by atoms with E-state index < -0.39 is 0 Å². The number of benzene rings is 1. The van der Waals surface area contributed by atoms with Crippen LogP contribution in [-0.4, -0.2) is 27.6 Å². The normalized spacial score (nSPS) is 11.3. The molecule has 1 aromatic carbocycles. The molecule has 0 aliphatic rings. The first-order valence-corrected chi connectivity index (χ1v) is 6.38. The molecule has 20 heavy (non-hydrogen) atoms. The van der Waals surface area contributed by atoms with Gasteiger partial charge in [-0.25, -0.2) is 0 Å². The van der Waals surface area contributed by atoms with Crippen molar-refractivity contribution in [2.45, 2.75) is 13.5 Å². The molecule has 3 aromatic rings. The summed E-state index contributed by atoms with van der Waals surface area (Å²) in [7, 11) is 0. The third-order valence-electron chi connectivity index (χ3n) is 3.68. The smallest absolute Gasteiger partial charge is 0.248 e. The first kappa shape index (κ1) is 12.6. The van der Waals surface area contributed by atoms with Crippen LogP contribution in [-0.2, 0) is 6.54 Å². The van der Waals surface area contributed by atoms with Gasteiger partial charge in [-0.15, -0.1) is 0 Å². The molecule has 0 bridgehead atoms. The zero-order valence-electron chi connectivity index (χ0n) is 11.0. The number of hydrogen-bond acceptors (Lipinski definition) is 3. The number of aromatic nitrogens is 2. The van der Waals surface area contributed by atoms with E-state index >= 15 is 0 Å². The van der Waals surface area contributed by atoms with Crippen LogP contribution in [0.1, 0.15) is 16.1 Å². The Bertz CT molecular complexity index is 874. The van der Waals surface area contributed by atoms with E-state index in [-0.39, 0.29) is 12.2 Å². The molecule has 0 fully saturated rings.